The molecule has 0 heterocycles. The first-order valence-electron chi connectivity index (χ1n) is 7.32. The molecule has 18 heavy (non-hydrogen) atoms. The predicted octanol–water partition coefficient (Wildman–Crippen LogP) is 4.09. The van der Waals surface area contributed by atoms with E-state index in [1.54, 1.807) is 11.1 Å². The zero-order chi connectivity index (χ0) is 12.4. The lowest BCUT2D eigenvalue weighted by atomic mass is 9.83. The summed E-state index contributed by atoms with van der Waals surface area (Å²) >= 11 is 3.56. The van der Waals surface area contributed by atoms with Crippen molar-refractivity contribution in [3.05, 3.63) is 33.8 Å². The summed E-state index contributed by atoms with van der Waals surface area (Å²) in [7, 11) is 0. The monoisotopic (exact) mass is 307 g/mol. The molecular weight excluding hydrogens is 286 g/mol. The number of nitrogens with one attached hydrogen (secondary N) is 1. The number of fused-ring (bicyclic) bond motifs is 1. The van der Waals surface area contributed by atoms with E-state index >= 15 is 0 Å². The Bertz CT molecular complexity index is 412. The molecule has 0 aromatic heterocycles. The molecule has 0 aliphatic heterocycles. The largest absolute Gasteiger partial charge is 0.314 e. The average molecular weight is 308 g/mol. The molecule has 1 atom stereocenters. The van der Waals surface area contributed by atoms with E-state index in [1.165, 1.54) is 56.0 Å². The summed E-state index contributed by atoms with van der Waals surface area (Å²) in [4.78, 5) is 0. The van der Waals surface area contributed by atoms with E-state index in [0.29, 0.717) is 6.04 Å². The van der Waals surface area contributed by atoms with Gasteiger partial charge < -0.3 is 5.32 Å². The Morgan fingerprint density at radius 1 is 1.17 bits per heavy atom. The van der Waals surface area contributed by atoms with Crippen LogP contribution in [0.5, 0.6) is 0 Å². The van der Waals surface area contributed by atoms with Crippen molar-refractivity contribution in [2.24, 2.45) is 5.92 Å². The Morgan fingerprint density at radius 2 is 2.06 bits per heavy atom. The van der Waals surface area contributed by atoms with Crippen LogP contribution in [-0.2, 0) is 12.8 Å². The van der Waals surface area contributed by atoms with Crippen LogP contribution in [0.2, 0.25) is 0 Å². The number of benzene rings is 1. The van der Waals surface area contributed by atoms with Crippen LogP contribution in [0.3, 0.4) is 0 Å². The van der Waals surface area contributed by atoms with Crippen molar-refractivity contribution in [2.75, 3.05) is 6.54 Å². The molecule has 1 aromatic rings. The van der Waals surface area contributed by atoms with Crippen molar-refractivity contribution >= 4 is 15.9 Å². The minimum absolute atomic E-state index is 0.707. The molecule has 2 aliphatic rings. The molecule has 0 saturated heterocycles. The van der Waals surface area contributed by atoms with Gasteiger partial charge >= 0.3 is 0 Å². The van der Waals surface area contributed by atoms with Gasteiger partial charge in [-0.25, -0.2) is 0 Å². The zero-order valence-corrected chi connectivity index (χ0v) is 12.5. The zero-order valence-electron chi connectivity index (χ0n) is 10.9. The molecule has 2 aliphatic carbocycles. The Morgan fingerprint density at radius 3 is 2.83 bits per heavy atom. The van der Waals surface area contributed by atoms with Gasteiger partial charge in [0, 0.05) is 10.5 Å². The molecule has 98 valence electrons. The lowest BCUT2D eigenvalue weighted by Crippen LogP contribution is -2.36. The molecule has 1 saturated carbocycles. The maximum atomic E-state index is 3.76. The quantitative estimate of drug-likeness (QED) is 0.883. The highest BCUT2D eigenvalue weighted by Crippen LogP contribution is 2.29. The minimum atomic E-state index is 0.707. The van der Waals surface area contributed by atoms with Crippen molar-refractivity contribution in [1.82, 2.24) is 5.32 Å². The summed E-state index contributed by atoms with van der Waals surface area (Å²) < 4.78 is 1.22. The SMILES string of the molecule is Brc1ccc2c(c1)CCC(NCCC1CCC1)C2. The summed E-state index contributed by atoms with van der Waals surface area (Å²) in [6, 6.07) is 7.47. The third kappa shape index (κ3) is 2.97. The Balaban J connectivity index is 1.49. The Labute approximate surface area is 118 Å². The van der Waals surface area contributed by atoms with Gasteiger partial charge in [0.15, 0.2) is 0 Å². The van der Waals surface area contributed by atoms with Crippen LogP contribution in [0.15, 0.2) is 22.7 Å². The summed E-state index contributed by atoms with van der Waals surface area (Å²) in [6.07, 6.45) is 9.56. The first-order chi connectivity index (χ1) is 8.81. The van der Waals surface area contributed by atoms with Crippen LogP contribution in [0.4, 0.5) is 0 Å². The molecule has 0 radical (unpaired) electrons. The molecule has 0 spiro atoms. The fraction of sp³-hybridized carbons (Fsp3) is 0.625. The second-order valence-electron chi connectivity index (χ2n) is 5.89. The van der Waals surface area contributed by atoms with Crippen molar-refractivity contribution in [3.63, 3.8) is 0 Å². The highest BCUT2D eigenvalue weighted by molar-refractivity contribution is 9.10. The van der Waals surface area contributed by atoms with Gasteiger partial charge in [-0.1, -0.05) is 41.3 Å². The average Bonchev–Trinajstić information content (AvgIpc) is 2.32. The van der Waals surface area contributed by atoms with E-state index in [9.17, 15) is 0 Å². The van der Waals surface area contributed by atoms with Gasteiger partial charge in [-0.3, -0.25) is 0 Å². The van der Waals surface area contributed by atoms with Crippen LogP contribution in [0, 0.1) is 5.92 Å². The lowest BCUT2D eigenvalue weighted by molar-refractivity contribution is 0.285. The molecule has 2 heteroatoms. The van der Waals surface area contributed by atoms with Crippen molar-refractivity contribution < 1.29 is 0 Å². The first-order valence-corrected chi connectivity index (χ1v) is 8.11. The minimum Gasteiger partial charge on any atom is -0.314 e. The standard InChI is InChI=1S/C16H22BrN/c17-15-6-4-14-11-16(7-5-13(14)10-15)18-9-8-12-2-1-3-12/h4,6,10,12,16,18H,1-3,5,7-9,11H2. The number of aryl methyl sites for hydroxylation is 1. The number of halogens is 1. The highest BCUT2D eigenvalue weighted by atomic mass is 79.9. The van der Waals surface area contributed by atoms with Crippen LogP contribution in [0.1, 0.15) is 43.2 Å². The lowest BCUT2D eigenvalue weighted by Gasteiger charge is -2.29. The van der Waals surface area contributed by atoms with Crippen LogP contribution >= 0.6 is 15.9 Å². The van der Waals surface area contributed by atoms with E-state index in [1.807, 2.05) is 0 Å². The smallest absolute Gasteiger partial charge is 0.0178 e. The van der Waals surface area contributed by atoms with Gasteiger partial charge in [-0.2, -0.15) is 0 Å². The highest BCUT2D eigenvalue weighted by Gasteiger charge is 2.20. The van der Waals surface area contributed by atoms with Crippen molar-refractivity contribution in [1.29, 1.82) is 0 Å². The molecule has 3 rings (SSSR count). The summed E-state index contributed by atoms with van der Waals surface area (Å²) in [5.74, 6) is 1.03. The van der Waals surface area contributed by atoms with Gasteiger partial charge in [-0.05, 0) is 61.4 Å². The normalized spacial score (nSPS) is 23.5. The number of hydrogen-bond donors (Lipinski definition) is 1. The molecule has 1 nitrogen and oxygen atoms in total. The fourth-order valence-electron chi connectivity index (χ4n) is 3.17. The predicted molar refractivity (Wildman–Crippen MR) is 79.9 cm³/mol. The fourth-order valence-corrected chi connectivity index (χ4v) is 3.58. The van der Waals surface area contributed by atoms with E-state index in [4.69, 9.17) is 0 Å². The van der Waals surface area contributed by atoms with Crippen LogP contribution in [0.25, 0.3) is 0 Å². The van der Waals surface area contributed by atoms with E-state index in [0.717, 1.165) is 5.92 Å². The second-order valence-corrected chi connectivity index (χ2v) is 6.81. The van der Waals surface area contributed by atoms with Crippen molar-refractivity contribution in [2.45, 2.75) is 51.0 Å². The Hall–Kier alpha value is -0.340. The topological polar surface area (TPSA) is 12.0 Å². The molecular formula is C16H22BrN. The van der Waals surface area contributed by atoms with Crippen LogP contribution in [-0.4, -0.2) is 12.6 Å². The van der Waals surface area contributed by atoms with E-state index in [-0.39, 0.29) is 0 Å². The van der Waals surface area contributed by atoms with E-state index < -0.39 is 0 Å². The van der Waals surface area contributed by atoms with E-state index in [2.05, 4.69) is 39.4 Å². The van der Waals surface area contributed by atoms with Gasteiger partial charge in [-0.15, -0.1) is 0 Å². The van der Waals surface area contributed by atoms with Gasteiger partial charge in [0.25, 0.3) is 0 Å². The molecule has 1 aromatic carbocycles. The summed E-state index contributed by atoms with van der Waals surface area (Å²) in [5.41, 5.74) is 3.09. The van der Waals surface area contributed by atoms with Gasteiger partial charge in [0.2, 0.25) is 0 Å². The third-order valence-electron chi connectivity index (χ3n) is 4.61. The summed E-state index contributed by atoms with van der Waals surface area (Å²) in [6.45, 7) is 1.22. The third-order valence-corrected chi connectivity index (χ3v) is 5.10. The molecule has 1 N–H and O–H groups in total. The maximum absolute atomic E-state index is 3.76. The maximum Gasteiger partial charge on any atom is 0.0178 e. The molecule has 0 amide bonds. The second kappa shape index (κ2) is 5.75. The van der Waals surface area contributed by atoms with Crippen LogP contribution < -0.4 is 5.32 Å². The molecule has 1 unspecified atom stereocenters. The number of hydrogen-bond acceptors (Lipinski definition) is 1. The van der Waals surface area contributed by atoms with Crippen molar-refractivity contribution in [3.8, 4) is 0 Å². The first kappa shape index (κ1) is 12.7. The molecule has 0 bridgehead atoms. The van der Waals surface area contributed by atoms with Gasteiger partial charge in [0.1, 0.15) is 0 Å². The number of rotatable bonds is 4. The Kier molecular flexibility index (Phi) is 4.05. The summed E-state index contributed by atoms with van der Waals surface area (Å²) in [5, 5.41) is 3.76. The molecule has 1 fully saturated rings. The van der Waals surface area contributed by atoms with Gasteiger partial charge in [0.05, 0.1) is 0 Å².